The summed E-state index contributed by atoms with van der Waals surface area (Å²) in [7, 11) is 0. The number of thiophene rings is 1. The van der Waals surface area contributed by atoms with Crippen LogP contribution in [-0.2, 0) is 16.0 Å². The number of amides is 2. The van der Waals surface area contributed by atoms with E-state index in [9.17, 15) is 9.59 Å². The molecule has 1 aliphatic heterocycles. The van der Waals surface area contributed by atoms with Crippen LogP contribution in [0.4, 0.5) is 4.79 Å². The van der Waals surface area contributed by atoms with Crippen LogP contribution in [0, 0.1) is 0 Å². The summed E-state index contributed by atoms with van der Waals surface area (Å²) in [6.07, 6.45) is 2.49. The lowest BCUT2D eigenvalue weighted by Crippen LogP contribution is -2.49. The highest BCUT2D eigenvalue weighted by Gasteiger charge is 2.29. The Kier molecular flexibility index (Phi) is 5.77. The zero-order valence-electron chi connectivity index (χ0n) is 14.8. The number of rotatable bonds is 6. The average molecular weight is 393 g/mol. The number of thioether (sulfide) groups is 1. The average Bonchev–Trinajstić information content (AvgIpc) is 3.03. The number of ether oxygens (including phenoxy) is 1. The van der Waals surface area contributed by atoms with Gasteiger partial charge in [0.1, 0.15) is 16.2 Å². The van der Waals surface area contributed by atoms with Crippen molar-refractivity contribution in [3.05, 3.63) is 28.5 Å². The van der Waals surface area contributed by atoms with Crippen molar-refractivity contribution in [2.24, 2.45) is 0 Å². The molecule has 3 heterocycles. The lowest BCUT2D eigenvalue weighted by Gasteiger charge is -2.26. The summed E-state index contributed by atoms with van der Waals surface area (Å²) in [4.78, 5) is 35.0. The van der Waals surface area contributed by atoms with E-state index < -0.39 is 12.0 Å². The Morgan fingerprint density at radius 1 is 1.38 bits per heavy atom. The predicted octanol–water partition coefficient (Wildman–Crippen LogP) is 2.86. The first-order valence-corrected chi connectivity index (χ1v) is 10.2. The SMILES string of the molecule is CCOC(=O)C1=C(CSc2ncnc3sc(CC)cc23)NC(=O)NC1C. The first-order chi connectivity index (χ1) is 12.5. The minimum absolute atomic E-state index is 0.282. The second kappa shape index (κ2) is 8.05. The second-order valence-corrected chi connectivity index (χ2v) is 7.76. The number of carbonyl (C=O) groups is 2. The van der Waals surface area contributed by atoms with Crippen LogP contribution in [0.5, 0.6) is 0 Å². The highest BCUT2D eigenvalue weighted by molar-refractivity contribution is 7.99. The number of esters is 1. The number of nitrogens with zero attached hydrogens (tertiary/aromatic N) is 2. The maximum Gasteiger partial charge on any atom is 0.337 e. The molecule has 9 heteroatoms. The molecule has 1 aliphatic rings. The molecule has 0 bridgehead atoms. The normalized spacial score (nSPS) is 17.2. The zero-order chi connectivity index (χ0) is 18.7. The number of fused-ring (bicyclic) bond motifs is 1. The third-order valence-electron chi connectivity index (χ3n) is 3.91. The molecule has 1 unspecified atom stereocenters. The summed E-state index contributed by atoms with van der Waals surface area (Å²) in [5.74, 6) is -0.00488. The van der Waals surface area contributed by atoms with Crippen LogP contribution in [0.1, 0.15) is 25.6 Å². The largest absolute Gasteiger partial charge is 0.463 e. The van der Waals surface area contributed by atoms with Crippen molar-refractivity contribution in [3.63, 3.8) is 0 Å². The first-order valence-electron chi connectivity index (χ1n) is 8.37. The van der Waals surface area contributed by atoms with E-state index in [0.29, 0.717) is 17.0 Å². The van der Waals surface area contributed by atoms with Gasteiger partial charge in [-0.15, -0.1) is 11.3 Å². The van der Waals surface area contributed by atoms with E-state index in [-0.39, 0.29) is 12.6 Å². The van der Waals surface area contributed by atoms with Gasteiger partial charge >= 0.3 is 12.0 Å². The van der Waals surface area contributed by atoms with E-state index in [1.165, 1.54) is 16.6 Å². The number of aromatic nitrogens is 2. The van der Waals surface area contributed by atoms with Crippen LogP contribution in [0.15, 0.2) is 28.7 Å². The molecule has 0 saturated carbocycles. The topological polar surface area (TPSA) is 93.2 Å². The molecule has 0 radical (unpaired) electrons. The molecule has 1 atom stereocenters. The quantitative estimate of drug-likeness (QED) is 0.446. The molecule has 138 valence electrons. The van der Waals surface area contributed by atoms with Gasteiger partial charge in [-0.25, -0.2) is 19.6 Å². The van der Waals surface area contributed by atoms with Crippen LogP contribution < -0.4 is 10.6 Å². The van der Waals surface area contributed by atoms with Gasteiger partial charge in [0, 0.05) is 21.7 Å². The molecule has 0 saturated heterocycles. The van der Waals surface area contributed by atoms with Gasteiger partial charge in [0.15, 0.2) is 0 Å². The lowest BCUT2D eigenvalue weighted by molar-refractivity contribution is -0.138. The third-order valence-corrected chi connectivity index (χ3v) is 6.13. The maximum atomic E-state index is 12.3. The van der Waals surface area contributed by atoms with Gasteiger partial charge in [0.05, 0.1) is 18.2 Å². The molecule has 0 spiro atoms. The van der Waals surface area contributed by atoms with Crippen molar-refractivity contribution in [3.8, 4) is 0 Å². The molecule has 0 fully saturated rings. The second-order valence-electron chi connectivity index (χ2n) is 5.69. The minimum atomic E-state index is -0.417. The van der Waals surface area contributed by atoms with Gasteiger partial charge in [-0.1, -0.05) is 18.7 Å². The standard InChI is InChI=1S/C17H20N4O3S2/c1-4-10-6-11-14(18-8-19-15(11)26-10)25-7-12-13(16(22)24-5-2)9(3)20-17(23)21-12/h6,8-9H,4-5,7H2,1-3H3,(H2,20,21,23). The molecule has 2 aromatic rings. The number of hydrogen-bond acceptors (Lipinski definition) is 7. The van der Waals surface area contributed by atoms with Crippen LogP contribution in [0.2, 0.25) is 0 Å². The maximum absolute atomic E-state index is 12.3. The highest BCUT2D eigenvalue weighted by atomic mass is 32.2. The molecule has 2 aromatic heterocycles. The van der Waals surface area contributed by atoms with Crippen molar-refractivity contribution < 1.29 is 14.3 Å². The van der Waals surface area contributed by atoms with Crippen LogP contribution >= 0.6 is 23.1 Å². The Labute approximate surface area is 159 Å². The van der Waals surface area contributed by atoms with E-state index in [0.717, 1.165) is 21.7 Å². The van der Waals surface area contributed by atoms with E-state index in [2.05, 4.69) is 33.6 Å². The van der Waals surface area contributed by atoms with Crippen molar-refractivity contribution >= 4 is 45.3 Å². The summed E-state index contributed by atoms with van der Waals surface area (Å²) < 4.78 is 5.14. The molecule has 0 aromatic carbocycles. The minimum Gasteiger partial charge on any atom is -0.463 e. The molecule has 3 rings (SSSR count). The Balaban J connectivity index is 1.88. The molecule has 2 amide bonds. The van der Waals surface area contributed by atoms with E-state index in [4.69, 9.17) is 4.74 Å². The van der Waals surface area contributed by atoms with Crippen LogP contribution in [0.25, 0.3) is 10.2 Å². The molecule has 2 N–H and O–H groups in total. The van der Waals surface area contributed by atoms with Gasteiger partial charge in [-0.05, 0) is 26.3 Å². The zero-order valence-corrected chi connectivity index (χ0v) is 16.4. The van der Waals surface area contributed by atoms with Crippen LogP contribution in [-0.4, -0.2) is 40.4 Å². The Morgan fingerprint density at radius 2 is 2.19 bits per heavy atom. The summed E-state index contributed by atoms with van der Waals surface area (Å²) in [6.45, 7) is 5.91. The summed E-state index contributed by atoms with van der Waals surface area (Å²) >= 11 is 3.13. The fourth-order valence-electron chi connectivity index (χ4n) is 2.71. The van der Waals surface area contributed by atoms with Crippen LogP contribution in [0.3, 0.4) is 0 Å². The Bertz CT molecular complexity index is 878. The lowest BCUT2D eigenvalue weighted by atomic mass is 10.1. The molecule has 26 heavy (non-hydrogen) atoms. The molecular formula is C17H20N4O3S2. The summed E-state index contributed by atoms with van der Waals surface area (Å²) in [5.41, 5.74) is 1.01. The molecule has 0 aliphatic carbocycles. The predicted molar refractivity (Wildman–Crippen MR) is 102 cm³/mol. The van der Waals surface area contributed by atoms with Gasteiger partial charge < -0.3 is 15.4 Å². The van der Waals surface area contributed by atoms with E-state index in [1.54, 1.807) is 31.5 Å². The summed E-state index contributed by atoms with van der Waals surface area (Å²) in [6, 6.07) is 1.38. The monoisotopic (exact) mass is 392 g/mol. The van der Waals surface area contributed by atoms with Gasteiger partial charge in [0.2, 0.25) is 0 Å². The number of urea groups is 1. The van der Waals surface area contributed by atoms with Crippen molar-refractivity contribution in [1.29, 1.82) is 0 Å². The Morgan fingerprint density at radius 3 is 2.92 bits per heavy atom. The fourth-order valence-corrected chi connectivity index (χ4v) is 4.65. The smallest absolute Gasteiger partial charge is 0.337 e. The van der Waals surface area contributed by atoms with Crippen molar-refractivity contribution in [2.75, 3.05) is 12.4 Å². The third kappa shape index (κ3) is 3.83. The number of nitrogens with one attached hydrogen (secondary N) is 2. The van der Waals surface area contributed by atoms with Crippen molar-refractivity contribution in [2.45, 2.75) is 38.3 Å². The van der Waals surface area contributed by atoms with Gasteiger partial charge in [0.25, 0.3) is 0 Å². The highest BCUT2D eigenvalue weighted by Crippen LogP contribution is 2.32. The van der Waals surface area contributed by atoms with Gasteiger partial charge in [-0.3, -0.25) is 0 Å². The van der Waals surface area contributed by atoms with E-state index >= 15 is 0 Å². The fraction of sp³-hybridized carbons (Fsp3) is 0.412. The van der Waals surface area contributed by atoms with E-state index in [1.807, 2.05) is 0 Å². The van der Waals surface area contributed by atoms with Gasteiger partial charge in [-0.2, -0.15) is 0 Å². The van der Waals surface area contributed by atoms with Crippen molar-refractivity contribution in [1.82, 2.24) is 20.6 Å². The number of aryl methyl sites for hydroxylation is 1. The number of carbonyl (C=O) groups excluding carboxylic acids is 2. The molecule has 7 nitrogen and oxygen atoms in total. The first kappa shape index (κ1) is 18.7. The molecular weight excluding hydrogens is 372 g/mol. The summed E-state index contributed by atoms with van der Waals surface area (Å²) in [5, 5.41) is 7.27. The number of hydrogen-bond donors (Lipinski definition) is 2. The Hall–Kier alpha value is -2.13.